The van der Waals surface area contributed by atoms with E-state index < -0.39 is 0 Å². The lowest BCUT2D eigenvalue weighted by atomic mass is 9.61. The Morgan fingerprint density at radius 1 is 0.962 bits per heavy atom. The fourth-order valence-electron chi connectivity index (χ4n) is 6.25. The fraction of sp³-hybridized carbons (Fsp3) is 0.708. The summed E-state index contributed by atoms with van der Waals surface area (Å²) in [6, 6.07) is 6.21. The second-order valence-electron chi connectivity index (χ2n) is 9.16. The van der Waals surface area contributed by atoms with Crippen molar-refractivity contribution in [3.05, 3.63) is 34.9 Å². The predicted octanol–water partition coefficient (Wildman–Crippen LogP) is 5.82. The van der Waals surface area contributed by atoms with Crippen molar-refractivity contribution < 1.29 is 9.53 Å². The SMILES string of the molecule is CCC1CCC2CC(C3CCc4cc(C(=O)OC)ccc4C3)CCC2C1. The number of benzene rings is 1. The Balaban J connectivity index is 1.39. The van der Waals surface area contributed by atoms with Crippen molar-refractivity contribution in [1.29, 1.82) is 0 Å². The highest BCUT2D eigenvalue weighted by atomic mass is 16.5. The second-order valence-corrected chi connectivity index (χ2v) is 9.16. The minimum Gasteiger partial charge on any atom is -0.465 e. The van der Waals surface area contributed by atoms with Gasteiger partial charge in [0.05, 0.1) is 12.7 Å². The van der Waals surface area contributed by atoms with Crippen LogP contribution in [0, 0.1) is 29.6 Å². The van der Waals surface area contributed by atoms with E-state index in [0.717, 1.165) is 36.0 Å². The number of methoxy groups -OCH3 is 1. The monoisotopic (exact) mass is 354 g/mol. The first kappa shape index (κ1) is 18.1. The van der Waals surface area contributed by atoms with Gasteiger partial charge in [-0.1, -0.05) is 25.8 Å². The van der Waals surface area contributed by atoms with Crippen LogP contribution in [-0.2, 0) is 17.6 Å². The number of esters is 1. The van der Waals surface area contributed by atoms with Gasteiger partial charge in [0.2, 0.25) is 0 Å². The number of fused-ring (bicyclic) bond motifs is 2. The van der Waals surface area contributed by atoms with Gasteiger partial charge >= 0.3 is 5.97 Å². The van der Waals surface area contributed by atoms with Crippen LogP contribution in [0.4, 0.5) is 0 Å². The molecule has 3 aliphatic rings. The summed E-state index contributed by atoms with van der Waals surface area (Å²) in [5, 5.41) is 0. The molecule has 142 valence electrons. The van der Waals surface area contributed by atoms with Crippen molar-refractivity contribution in [2.24, 2.45) is 29.6 Å². The maximum Gasteiger partial charge on any atom is 0.337 e. The zero-order chi connectivity index (χ0) is 18.1. The molecule has 0 bridgehead atoms. The molecule has 0 heterocycles. The van der Waals surface area contributed by atoms with Crippen molar-refractivity contribution >= 4 is 5.97 Å². The zero-order valence-corrected chi connectivity index (χ0v) is 16.5. The van der Waals surface area contributed by atoms with Crippen LogP contribution in [0.15, 0.2) is 18.2 Å². The van der Waals surface area contributed by atoms with E-state index in [1.165, 1.54) is 76.0 Å². The predicted molar refractivity (Wildman–Crippen MR) is 105 cm³/mol. The molecule has 2 saturated carbocycles. The minimum atomic E-state index is -0.212. The number of carbonyl (C=O) groups excluding carboxylic acids is 1. The zero-order valence-electron chi connectivity index (χ0n) is 16.5. The molecule has 4 rings (SSSR count). The smallest absolute Gasteiger partial charge is 0.337 e. The first-order valence-corrected chi connectivity index (χ1v) is 10.9. The fourth-order valence-corrected chi connectivity index (χ4v) is 6.25. The molecule has 0 aliphatic heterocycles. The molecule has 2 fully saturated rings. The molecule has 2 heteroatoms. The van der Waals surface area contributed by atoms with Crippen molar-refractivity contribution in [2.75, 3.05) is 7.11 Å². The summed E-state index contributed by atoms with van der Waals surface area (Å²) in [7, 11) is 1.46. The minimum absolute atomic E-state index is 0.212. The van der Waals surface area contributed by atoms with E-state index in [9.17, 15) is 4.79 Å². The molecule has 26 heavy (non-hydrogen) atoms. The van der Waals surface area contributed by atoms with E-state index >= 15 is 0 Å². The van der Waals surface area contributed by atoms with E-state index in [2.05, 4.69) is 19.1 Å². The topological polar surface area (TPSA) is 26.3 Å². The summed E-state index contributed by atoms with van der Waals surface area (Å²) >= 11 is 0. The highest BCUT2D eigenvalue weighted by Gasteiger charge is 2.38. The Kier molecular flexibility index (Phi) is 5.38. The van der Waals surface area contributed by atoms with Crippen molar-refractivity contribution in [3.8, 4) is 0 Å². The quantitative estimate of drug-likeness (QED) is 0.639. The van der Waals surface area contributed by atoms with E-state index in [1.54, 1.807) is 0 Å². The molecule has 2 nitrogen and oxygen atoms in total. The van der Waals surface area contributed by atoms with Gasteiger partial charge in [-0.3, -0.25) is 0 Å². The molecule has 0 saturated heterocycles. The Morgan fingerprint density at radius 3 is 2.46 bits per heavy atom. The Bertz CT molecular complexity index is 650. The van der Waals surface area contributed by atoms with Crippen LogP contribution in [-0.4, -0.2) is 13.1 Å². The van der Waals surface area contributed by atoms with Crippen molar-refractivity contribution in [1.82, 2.24) is 0 Å². The van der Waals surface area contributed by atoms with E-state index in [4.69, 9.17) is 4.74 Å². The second kappa shape index (κ2) is 7.74. The van der Waals surface area contributed by atoms with Gasteiger partial charge in [0.1, 0.15) is 0 Å². The Labute approximate surface area is 158 Å². The average Bonchev–Trinajstić information content (AvgIpc) is 2.71. The molecule has 5 atom stereocenters. The van der Waals surface area contributed by atoms with Crippen LogP contribution in [0.5, 0.6) is 0 Å². The third-order valence-corrected chi connectivity index (χ3v) is 7.90. The molecular formula is C24H34O2. The summed E-state index contributed by atoms with van der Waals surface area (Å²) in [6.45, 7) is 2.38. The van der Waals surface area contributed by atoms with Gasteiger partial charge in [-0.25, -0.2) is 4.79 Å². The van der Waals surface area contributed by atoms with Crippen molar-refractivity contribution in [2.45, 2.75) is 71.1 Å². The van der Waals surface area contributed by atoms with Crippen LogP contribution < -0.4 is 0 Å². The van der Waals surface area contributed by atoms with Gasteiger partial charge in [0.25, 0.3) is 0 Å². The lowest BCUT2D eigenvalue weighted by Crippen LogP contribution is -2.35. The number of ether oxygens (including phenoxy) is 1. The molecule has 0 amide bonds. The first-order valence-electron chi connectivity index (χ1n) is 10.9. The number of hydrogen-bond acceptors (Lipinski definition) is 2. The molecule has 0 spiro atoms. The van der Waals surface area contributed by atoms with Crippen LogP contribution in [0.25, 0.3) is 0 Å². The molecule has 1 aromatic rings. The lowest BCUT2D eigenvalue weighted by molar-refractivity contribution is 0.0600. The standard InChI is InChI=1S/C24H34O2/c1-3-16-4-5-18-13-19(7-6-17(18)12-16)20-8-9-22-15-23(24(25)26-2)11-10-21(22)14-20/h10-11,15-20H,3-9,12-14H2,1-2H3. The summed E-state index contributed by atoms with van der Waals surface area (Å²) in [5.41, 5.74) is 3.56. The van der Waals surface area contributed by atoms with Crippen LogP contribution in [0.1, 0.15) is 79.8 Å². The maximum atomic E-state index is 11.8. The highest BCUT2D eigenvalue weighted by Crippen LogP contribution is 2.48. The third-order valence-electron chi connectivity index (χ3n) is 7.90. The molecular weight excluding hydrogens is 320 g/mol. The number of carbonyl (C=O) groups is 1. The van der Waals surface area contributed by atoms with Crippen molar-refractivity contribution in [3.63, 3.8) is 0 Å². The van der Waals surface area contributed by atoms with Crippen LogP contribution in [0.2, 0.25) is 0 Å². The Morgan fingerprint density at radius 2 is 1.69 bits per heavy atom. The largest absolute Gasteiger partial charge is 0.465 e. The van der Waals surface area contributed by atoms with E-state index in [-0.39, 0.29) is 5.97 Å². The number of aryl methyl sites for hydroxylation is 1. The van der Waals surface area contributed by atoms with Crippen LogP contribution >= 0.6 is 0 Å². The van der Waals surface area contributed by atoms with Gasteiger partial charge in [-0.05, 0) is 104 Å². The van der Waals surface area contributed by atoms with Crippen LogP contribution in [0.3, 0.4) is 0 Å². The molecule has 3 aliphatic carbocycles. The van der Waals surface area contributed by atoms with Gasteiger partial charge in [-0.2, -0.15) is 0 Å². The van der Waals surface area contributed by atoms with Gasteiger partial charge in [0.15, 0.2) is 0 Å². The van der Waals surface area contributed by atoms with Gasteiger partial charge in [0, 0.05) is 0 Å². The molecule has 0 N–H and O–H groups in total. The molecule has 0 aromatic heterocycles. The highest BCUT2D eigenvalue weighted by molar-refractivity contribution is 5.89. The number of rotatable bonds is 3. The maximum absolute atomic E-state index is 11.8. The molecule has 1 aromatic carbocycles. The molecule has 5 unspecified atom stereocenters. The lowest BCUT2D eigenvalue weighted by Gasteiger charge is -2.45. The average molecular weight is 355 g/mol. The molecule has 0 radical (unpaired) electrons. The number of hydrogen-bond donors (Lipinski definition) is 0. The normalized spacial score (nSPS) is 33.8. The van der Waals surface area contributed by atoms with Gasteiger partial charge < -0.3 is 4.74 Å². The first-order chi connectivity index (χ1) is 12.7. The third kappa shape index (κ3) is 3.57. The van der Waals surface area contributed by atoms with E-state index in [1.807, 2.05) is 6.07 Å². The summed E-state index contributed by atoms with van der Waals surface area (Å²) in [6.07, 6.45) is 14.0. The summed E-state index contributed by atoms with van der Waals surface area (Å²) in [5.74, 6) is 4.64. The van der Waals surface area contributed by atoms with E-state index in [0.29, 0.717) is 5.56 Å². The summed E-state index contributed by atoms with van der Waals surface area (Å²) < 4.78 is 4.87. The summed E-state index contributed by atoms with van der Waals surface area (Å²) in [4.78, 5) is 11.8. The van der Waals surface area contributed by atoms with Gasteiger partial charge in [-0.15, -0.1) is 0 Å². The Hall–Kier alpha value is -1.31.